The van der Waals surface area contributed by atoms with E-state index in [1.54, 1.807) is 0 Å². The molecule has 2 nitrogen and oxygen atoms in total. The molecule has 146 valence electrons. The molecule has 1 unspecified atom stereocenters. The molecule has 1 aliphatic rings. The molecule has 0 aliphatic carbocycles. The van der Waals surface area contributed by atoms with Gasteiger partial charge in [0.05, 0.1) is 6.04 Å². The highest BCUT2D eigenvalue weighted by molar-refractivity contribution is 6.24. The first-order valence-electron chi connectivity index (χ1n) is 10.4. The number of Topliss-reactive ketones (excluding diaryl/α,β-unsaturated/α-hetero) is 1. The Bertz CT molecular complexity index is 1210. The molecule has 4 aromatic carbocycles. The maximum atomic E-state index is 13.3. The van der Waals surface area contributed by atoms with Gasteiger partial charge in [-0.2, -0.15) is 0 Å². The van der Waals surface area contributed by atoms with Crippen molar-refractivity contribution < 1.29 is 4.79 Å². The van der Waals surface area contributed by atoms with Gasteiger partial charge in [-0.25, -0.2) is 0 Å². The molecule has 0 radical (unpaired) electrons. The van der Waals surface area contributed by atoms with Crippen molar-refractivity contribution in [2.75, 3.05) is 0 Å². The first-order chi connectivity index (χ1) is 14.8. The van der Waals surface area contributed by atoms with Gasteiger partial charge in [-0.15, -0.1) is 0 Å². The zero-order chi connectivity index (χ0) is 20.3. The molecule has 4 aromatic rings. The number of rotatable bonds is 4. The van der Waals surface area contributed by atoms with E-state index >= 15 is 0 Å². The minimum Gasteiger partial charge on any atom is -0.365 e. The maximum Gasteiger partial charge on any atom is 0.167 e. The predicted molar refractivity (Wildman–Crippen MR) is 123 cm³/mol. The van der Waals surface area contributed by atoms with Crippen molar-refractivity contribution in [3.63, 3.8) is 0 Å². The second kappa shape index (κ2) is 8.00. The monoisotopic (exact) mass is 389 g/mol. The van der Waals surface area contributed by atoms with Gasteiger partial charge in [0.15, 0.2) is 5.78 Å². The highest BCUT2D eigenvalue weighted by atomic mass is 16.1. The average molecular weight is 389 g/mol. The molecule has 1 heterocycles. The third-order valence-electron chi connectivity index (χ3n) is 5.85. The number of hydrogen-bond acceptors (Lipinski definition) is 2. The van der Waals surface area contributed by atoms with Crippen LogP contribution in [0.3, 0.4) is 0 Å². The quantitative estimate of drug-likeness (QED) is 0.403. The van der Waals surface area contributed by atoms with E-state index in [0.29, 0.717) is 6.42 Å². The summed E-state index contributed by atoms with van der Waals surface area (Å²) in [6, 6.07) is 35.3. The van der Waals surface area contributed by atoms with E-state index < -0.39 is 0 Å². The smallest absolute Gasteiger partial charge is 0.167 e. The summed E-state index contributed by atoms with van der Waals surface area (Å²) >= 11 is 0. The van der Waals surface area contributed by atoms with Gasteiger partial charge in [0, 0.05) is 24.7 Å². The van der Waals surface area contributed by atoms with E-state index in [0.717, 1.165) is 28.5 Å². The van der Waals surface area contributed by atoms with Crippen LogP contribution in [0.2, 0.25) is 0 Å². The van der Waals surface area contributed by atoms with Crippen molar-refractivity contribution in [3.8, 4) is 0 Å². The van der Waals surface area contributed by atoms with Crippen LogP contribution in [0.25, 0.3) is 16.3 Å². The number of fused-ring (bicyclic) bond motifs is 1. The predicted octanol–water partition coefficient (Wildman–Crippen LogP) is 6.40. The Labute approximate surface area is 177 Å². The number of hydrogen-bond donors (Lipinski definition) is 0. The maximum absolute atomic E-state index is 13.3. The normalized spacial score (nSPS) is 16.5. The van der Waals surface area contributed by atoms with Gasteiger partial charge in [-0.3, -0.25) is 4.79 Å². The summed E-state index contributed by atoms with van der Waals surface area (Å²) in [6.45, 7) is 0.766. The largest absolute Gasteiger partial charge is 0.365 e. The third-order valence-corrected chi connectivity index (χ3v) is 5.85. The molecule has 0 bridgehead atoms. The molecule has 2 heteroatoms. The molecule has 0 saturated heterocycles. The Balaban J connectivity index is 1.61. The van der Waals surface area contributed by atoms with Crippen LogP contribution < -0.4 is 0 Å². The Morgan fingerprint density at radius 2 is 1.40 bits per heavy atom. The van der Waals surface area contributed by atoms with E-state index in [1.807, 2.05) is 42.5 Å². The molecule has 0 N–H and O–H groups in total. The number of allylic oxidation sites excluding steroid dienone is 1. The Morgan fingerprint density at radius 3 is 2.20 bits per heavy atom. The lowest BCUT2D eigenvalue weighted by atomic mass is 9.88. The van der Waals surface area contributed by atoms with Gasteiger partial charge < -0.3 is 4.90 Å². The molecular formula is C28H23NO. The summed E-state index contributed by atoms with van der Waals surface area (Å²) in [5.41, 5.74) is 4.23. The topological polar surface area (TPSA) is 20.3 Å². The minimum atomic E-state index is 0.0395. The lowest BCUT2D eigenvalue weighted by Gasteiger charge is -2.35. The van der Waals surface area contributed by atoms with Gasteiger partial charge in [0.2, 0.25) is 0 Å². The second-order valence-corrected chi connectivity index (χ2v) is 7.78. The molecule has 5 rings (SSSR count). The van der Waals surface area contributed by atoms with E-state index in [-0.39, 0.29) is 11.8 Å². The fourth-order valence-corrected chi connectivity index (χ4v) is 4.35. The van der Waals surface area contributed by atoms with Gasteiger partial charge in [0.1, 0.15) is 0 Å². The summed E-state index contributed by atoms with van der Waals surface area (Å²) in [7, 11) is 0. The highest BCUT2D eigenvalue weighted by Crippen LogP contribution is 2.37. The van der Waals surface area contributed by atoms with Gasteiger partial charge in [-0.1, -0.05) is 103 Å². The molecule has 0 amide bonds. The molecule has 1 aliphatic heterocycles. The number of nitrogens with zero attached hydrogens (tertiary/aromatic N) is 1. The first kappa shape index (κ1) is 18.4. The zero-order valence-corrected chi connectivity index (χ0v) is 16.7. The van der Waals surface area contributed by atoms with Crippen molar-refractivity contribution in [1.29, 1.82) is 0 Å². The van der Waals surface area contributed by atoms with Crippen LogP contribution in [0, 0.1) is 0 Å². The van der Waals surface area contributed by atoms with Crippen LogP contribution in [0.15, 0.2) is 109 Å². The number of benzene rings is 4. The zero-order valence-electron chi connectivity index (χ0n) is 16.7. The van der Waals surface area contributed by atoms with E-state index in [1.165, 1.54) is 11.1 Å². The van der Waals surface area contributed by atoms with Crippen molar-refractivity contribution in [2.24, 2.45) is 0 Å². The van der Waals surface area contributed by atoms with E-state index in [9.17, 15) is 4.79 Å². The molecule has 1 atom stereocenters. The van der Waals surface area contributed by atoms with Crippen LogP contribution in [0.5, 0.6) is 0 Å². The number of carbonyl (C=O) groups is 1. The minimum absolute atomic E-state index is 0.0395. The summed E-state index contributed by atoms with van der Waals surface area (Å²) in [5.74, 6) is 0.199. The Hall–Kier alpha value is -3.65. The average Bonchev–Trinajstić information content (AvgIpc) is 2.81. The molecule has 30 heavy (non-hydrogen) atoms. The lowest BCUT2D eigenvalue weighted by Crippen LogP contribution is -2.30. The molecule has 0 aromatic heterocycles. The standard InChI is InChI=1S/C28H23NO/c30-28-18-27(23-13-5-2-6-14-23)29(19-21-10-3-1-4-11-21)20-26(28)25-17-9-15-22-12-7-8-16-24(22)25/h1-17,20,27H,18-19H2. The van der Waals surface area contributed by atoms with E-state index in [2.05, 4.69) is 71.8 Å². The van der Waals surface area contributed by atoms with Crippen LogP contribution in [0.1, 0.15) is 29.2 Å². The summed E-state index contributed by atoms with van der Waals surface area (Å²) in [5, 5.41) is 2.28. The van der Waals surface area contributed by atoms with Crippen LogP contribution >= 0.6 is 0 Å². The number of ketones is 1. The van der Waals surface area contributed by atoms with Gasteiger partial charge in [0.25, 0.3) is 0 Å². The first-order valence-corrected chi connectivity index (χ1v) is 10.4. The highest BCUT2D eigenvalue weighted by Gasteiger charge is 2.30. The van der Waals surface area contributed by atoms with Crippen LogP contribution in [0.4, 0.5) is 0 Å². The fourth-order valence-electron chi connectivity index (χ4n) is 4.35. The molecular weight excluding hydrogens is 366 g/mol. The fraction of sp³-hybridized carbons (Fsp3) is 0.107. The van der Waals surface area contributed by atoms with Crippen molar-refractivity contribution >= 4 is 22.1 Å². The second-order valence-electron chi connectivity index (χ2n) is 7.78. The summed E-state index contributed by atoms with van der Waals surface area (Å²) in [6.07, 6.45) is 2.56. The molecule has 0 saturated carbocycles. The SMILES string of the molecule is O=C1CC(c2ccccc2)N(Cc2ccccc2)C=C1c1cccc2ccccc12. The molecule has 0 spiro atoms. The Kier molecular flexibility index (Phi) is 4.90. The summed E-state index contributed by atoms with van der Waals surface area (Å²) < 4.78 is 0. The van der Waals surface area contributed by atoms with E-state index in [4.69, 9.17) is 0 Å². The van der Waals surface area contributed by atoms with Crippen molar-refractivity contribution in [1.82, 2.24) is 4.90 Å². The summed E-state index contributed by atoms with van der Waals surface area (Å²) in [4.78, 5) is 15.6. The molecule has 0 fully saturated rings. The van der Waals surface area contributed by atoms with Gasteiger partial charge in [-0.05, 0) is 27.5 Å². The van der Waals surface area contributed by atoms with Gasteiger partial charge >= 0.3 is 0 Å². The van der Waals surface area contributed by atoms with Crippen LogP contribution in [-0.2, 0) is 11.3 Å². The van der Waals surface area contributed by atoms with Crippen LogP contribution in [-0.4, -0.2) is 10.7 Å². The van der Waals surface area contributed by atoms with Crippen molar-refractivity contribution in [3.05, 3.63) is 126 Å². The lowest BCUT2D eigenvalue weighted by molar-refractivity contribution is -0.115. The van der Waals surface area contributed by atoms with Crippen molar-refractivity contribution in [2.45, 2.75) is 19.0 Å². The third kappa shape index (κ3) is 3.53. The Morgan fingerprint density at radius 1 is 0.733 bits per heavy atom. The number of carbonyl (C=O) groups excluding carboxylic acids is 1.